The molecule has 0 aliphatic heterocycles. The van der Waals surface area contributed by atoms with Crippen LogP contribution in [0.25, 0.3) is 0 Å². The van der Waals surface area contributed by atoms with Gasteiger partial charge in [0.1, 0.15) is 12.6 Å². The smallest absolute Gasteiger partial charge is 0.323 e. The summed E-state index contributed by atoms with van der Waals surface area (Å²) in [6.07, 6.45) is 0. The van der Waals surface area contributed by atoms with Gasteiger partial charge in [-0.05, 0) is 20.8 Å². The first-order valence-electron chi connectivity index (χ1n) is 6.30. The molecule has 0 heterocycles. The molecule has 0 aromatic heterocycles. The normalized spacial score (nSPS) is 13.0. The van der Waals surface area contributed by atoms with Crippen LogP contribution in [0.4, 0.5) is 0 Å². The maximum absolute atomic E-state index is 12.1. The van der Waals surface area contributed by atoms with Crippen LogP contribution in [0.15, 0.2) is 0 Å². The number of carbonyl (C=O) groups is 3. The van der Waals surface area contributed by atoms with Crippen molar-refractivity contribution in [1.29, 1.82) is 0 Å². The largest absolute Gasteiger partial charge is 0.480 e. The number of nitrogens with one attached hydrogen (secondary N) is 1. The van der Waals surface area contributed by atoms with Crippen molar-refractivity contribution >= 4 is 17.8 Å². The molecule has 6 nitrogen and oxygen atoms in total. The standard InChI is InChI=1S/C13H24N2O4/c1-8(2)15(7-10(16)17)11(18)9(3)14-12(19)13(4,5)6/h8-9H,7H2,1-6H3,(H,14,19)(H,16,17). The van der Waals surface area contributed by atoms with Crippen LogP contribution in [0.5, 0.6) is 0 Å². The zero-order chi connectivity index (χ0) is 15.4. The van der Waals surface area contributed by atoms with Crippen molar-refractivity contribution in [3.05, 3.63) is 0 Å². The van der Waals surface area contributed by atoms with E-state index in [1.54, 1.807) is 41.5 Å². The van der Waals surface area contributed by atoms with Gasteiger partial charge in [0.15, 0.2) is 0 Å². The van der Waals surface area contributed by atoms with Crippen LogP contribution in [-0.2, 0) is 14.4 Å². The van der Waals surface area contributed by atoms with Crippen molar-refractivity contribution in [3.63, 3.8) is 0 Å². The molecule has 19 heavy (non-hydrogen) atoms. The Balaban J connectivity index is 4.78. The average molecular weight is 272 g/mol. The Labute approximate surface area is 114 Å². The van der Waals surface area contributed by atoms with Crippen LogP contribution in [0.2, 0.25) is 0 Å². The maximum Gasteiger partial charge on any atom is 0.323 e. The third-order valence-electron chi connectivity index (χ3n) is 2.61. The number of hydrogen-bond donors (Lipinski definition) is 2. The Hall–Kier alpha value is -1.59. The summed E-state index contributed by atoms with van der Waals surface area (Å²) in [4.78, 5) is 35.9. The molecule has 0 saturated heterocycles. The summed E-state index contributed by atoms with van der Waals surface area (Å²) < 4.78 is 0. The Morgan fingerprint density at radius 1 is 1.16 bits per heavy atom. The average Bonchev–Trinajstić information content (AvgIpc) is 2.22. The number of carboxylic acids is 1. The zero-order valence-electron chi connectivity index (χ0n) is 12.5. The lowest BCUT2D eigenvalue weighted by atomic mass is 9.95. The molecule has 6 heteroatoms. The first-order valence-corrected chi connectivity index (χ1v) is 6.30. The van der Waals surface area contributed by atoms with Gasteiger partial charge in [-0.3, -0.25) is 14.4 Å². The first-order chi connectivity index (χ1) is 8.46. The van der Waals surface area contributed by atoms with Crippen molar-refractivity contribution in [3.8, 4) is 0 Å². The highest BCUT2D eigenvalue weighted by Gasteiger charge is 2.29. The van der Waals surface area contributed by atoms with Crippen LogP contribution in [0.1, 0.15) is 41.5 Å². The lowest BCUT2D eigenvalue weighted by molar-refractivity contribution is -0.147. The first kappa shape index (κ1) is 17.4. The molecule has 0 aromatic carbocycles. The summed E-state index contributed by atoms with van der Waals surface area (Å²) in [6, 6.07) is -0.980. The number of carboxylic acid groups (broad SMARTS) is 1. The SMILES string of the molecule is CC(NC(=O)C(C)(C)C)C(=O)N(CC(=O)O)C(C)C. The van der Waals surface area contributed by atoms with E-state index in [0.717, 1.165) is 0 Å². The van der Waals surface area contributed by atoms with Crippen LogP contribution >= 0.6 is 0 Å². The molecule has 0 spiro atoms. The molecule has 0 radical (unpaired) electrons. The minimum atomic E-state index is -1.07. The summed E-state index contributed by atoms with van der Waals surface area (Å²) in [6.45, 7) is 9.90. The predicted molar refractivity (Wildman–Crippen MR) is 71.5 cm³/mol. The van der Waals surface area contributed by atoms with Gasteiger partial charge in [0, 0.05) is 11.5 Å². The Morgan fingerprint density at radius 3 is 1.95 bits per heavy atom. The molecule has 0 fully saturated rings. The number of nitrogens with zero attached hydrogens (tertiary/aromatic N) is 1. The molecule has 0 saturated carbocycles. The molecular weight excluding hydrogens is 248 g/mol. The third kappa shape index (κ3) is 5.72. The summed E-state index contributed by atoms with van der Waals surface area (Å²) in [5, 5.41) is 11.4. The topological polar surface area (TPSA) is 86.7 Å². The molecule has 2 N–H and O–H groups in total. The summed E-state index contributed by atoms with van der Waals surface area (Å²) in [7, 11) is 0. The van der Waals surface area contributed by atoms with E-state index in [1.807, 2.05) is 0 Å². The quantitative estimate of drug-likeness (QED) is 0.777. The summed E-state index contributed by atoms with van der Waals surface area (Å²) >= 11 is 0. The summed E-state index contributed by atoms with van der Waals surface area (Å²) in [5.41, 5.74) is -0.593. The van der Waals surface area contributed by atoms with Gasteiger partial charge in [0.05, 0.1) is 0 Å². The highest BCUT2D eigenvalue weighted by atomic mass is 16.4. The predicted octanol–water partition coefficient (Wildman–Crippen LogP) is 0.859. The van der Waals surface area contributed by atoms with Crippen molar-refractivity contribution < 1.29 is 19.5 Å². The third-order valence-corrected chi connectivity index (χ3v) is 2.61. The monoisotopic (exact) mass is 272 g/mol. The highest BCUT2D eigenvalue weighted by molar-refractivity contribution is 5.90. The van der Waals surface area contributed by atoms with Gasteiger partial charge in [-0.15, -0.1) is 0 Å². The van der Waals surface area contributed by atoms with E-state index in [4.69, 9.17) is 5.11 Å². The van der Waals surface area contributed by atoms with E-state index >= 15 is 0 Å². The van der Waals surface area contributed by atoms with Gasteiger partial charge in [0.25, 0.3) is 0 Å². The van der Waals surface area contributed by atoms with E-state index in [-0.39, 0.29) is 18.5 Å². The number of hydrogen-bond acceptors (Lipinski definition) is 3. The fraction of sp³-hybridized carbons (Fsp3) is 0.769. The lowest BCUT2D eigenvalue weighted by Gasteiger charge is -2.29. The maximum atomic E-state index is 12.1. The Morgan fingerprint density at radius 2 is 1.63 bits per heavy atom. The number of amides is 2. The van der Waals surface area contributed by atoms with E-state index in [1.165, 1.54) is 4.90 Å². The lowest BCUT2D eigenvalue weighted by Crippen LogP contribution is -2.52. The highest BCUT2D eigenvalue weighted by Crippen LogP contribution is 2.13. The van der Waals surface area contributed by atoms with E-state index < -0.39 is 23.3 Å². The molecule has 2 amide bonds. The fourth-order valence-corrected chi connectivity index (χ4v) is 1.38. The van der Waals surface area contributed by atoms with Gasteiger partial charge in [-0.2, -0.15) is 0 Å². The number of rotatable bonds is 5. The zero-order valence-corrected chi connectivity index (χ0v) is 12.5. The minimum absolute atomic E-state index is 0.238. The molecule has 0 bridgehead atoms. The van der Waals surface area contributed by atoms with Crippen LogP contribution in [-0.4, -0.2) is 46.4 Å². The van der Waals surface area contributed by atoms with Crippen molar-refractivity contribution in [2.75, 3.05) is 6.54 Å². The molecule has 0 aliphatic rings. The summed E-state index contributed by atoms with van der Waals surface area (Å²) in [5.74, 6) is -1.71. The molecule has 0 rings (SSSR count). The van der Waals surface area contributed by atoms with E-state index in [2.05, 4.69) is 5.32 Å². The molecule has 0 aromatic rings. The second kappa shape index (κ2) is 6.54. The van der Waals surface area contributed by atoms with Gasteiger partial charge in [-0.1, -0.05) is 20.8 Å². The molecule has 1 atom stereocenters. The Kier molecular flexibility index (Phi) is 5.99. The van der Waals surface area contributed by atoms with Crippen LogP contribution in [0, 0.1) is 5.41 Å². The van der Waals surface area contributed by atoms with E-state index in [9.17, 15) is 14.4 Å². The molecular formula is C13H24N2O4. The van der Waals surface area contributed by atoms with Gasteiger partial charge < -0.3 is 15.3 Å². The van der Waals surface area contributed by atoms with Gasteiger partial charge >= 0.3 is 5.97 Å². The fourth-order valence-electron chi connectivity index (χ4n) is 1.38. The van der Waals surface area contributed by atoms with Gasteiger partial charge in [0.2, 0.25) is 11.8 Å². The van der Waals surface area contributed by atoms with Gasteiger partial charge in [-0.25, -0.2) is 0 Å². The van der Waals surface area contributed by atoms with Crippen molar-refractivity contribution in [2.45, 2.75) is 53.6 Å². The van der Waals surface area contributed by atoms with Crippen molar-refractivity contribution in [2.24, 2.45) is 5.41 Å². The molecule has 0 aliphatic carbocycles. The van der Waals surface area contributed by atoms with Crippen LogP contribution in [0.3, 0.4) is 0 Å². The Bertz CT molecular complexity index is 358. The molecule has 110 valence electrons. The van der Waals surface area contributed by atoms with Crippen molar-refractivity contribution in [1.82, 2.24) is 10.2 Å². The molecule has 1 unspecified atom stereocenters. The van der Waals surface area contributed by atoms with Crippen LogP contribution < -0.4 is 5.32 Å². The minimum Gasteiger partial charge on any atom is -0.480 e. The number of carbonyl (C=O) groups excluding carboxylic acids is 2. The second-order valence-corrected chi connectivity index (χ2v) is 5.90. The second-order valence-electron chi connectivity index (χ2n) is 5.90. The van der Waals surface area contributed by atoms with E-state index in [0.29, 0.717) is 0 Å². The number of aliphatic carboxylic acids is 1.